The fraction of sp³-hybridized carbons (Fsp3) is 0.500. The number of likely N-dealkylation sites (N-methyl/N-ethyl adjacent to an activating group) is 1. The van der Waals surface area contributed by atoms with Gasteiger partial charge in [-0.3, -0.25) is 10.6 Å². The van der Waals surface area contributed by atoms with Gasteiger partial charge in [0.05, 0.1) is 17.2 Å². The summed E-state index contributed by atoms with van der Waals surface area (Å²) < 4.78 is 39.0. The molecule has 0 fully saturated rings. The number of nitrogens with zero attached hydrogens (tertiary/aromatic N) is 2. The largest absolute Gasteiger partial charge is 0.417 e. The Kier molecular flexibility index (Phi) is 6.35. The molecule has 1 aromatic rings. The van der Waals surface area contributed by atoms with Crippen molar-refractivity contribution in [1.82, 2.24) is 5.01 Å². The summed E-state index contributed by atoms with van der Waals surface area (Å²) in [5, 5.41) is 12.6. The number of hydrogen-bond donors (Lipinski definition) is 2. The smallest absolute Gasteiger partial charge is 0.324 e. The highest BCUT2D eigenvalue weighted by Crippen LogP contribution is 2.34. The van der Waals surface area contributed by atoms with E-state index in [0.29, 0.717) is 19.4 Å². The molecule has 1 amide bonds. The van der Waals surface area contributed by atoms with Gasteiger partial charge in [0.2, 0.25) is 5.91 Å². The molecule has 0 radical (unpaired) electrons. The first-order valence-electron chi connectivity index (χ1n) is 7.55. The summed E-state index contributed by atoms with van der Waals surface area (Å²) in [7, 11) is 0. The summed E-state index contributed by atoms with van der Waals surface area (Å²) in [6.45, 7) is 5.72. The van der Waals surface area contributed by atoms with Crippen molar-refractivity contribution in [3.05, 3.63) is 29.3 Å². The molecule has 132 valence electrons. The van der Waals surface area contributed by atoms with Crippen LogP contribution in [-0.4, -0.2) is 23.0 Å². The molecule has 0 aliphatic heterocycles. The van der Waals surface area contributed by atoms with Gasteiger partial charge in [0.25, 0.3) is 0 Å². The van der Waals surface area contributed by atoms with Gasteiger partial charge in [0.15, 0.2) is 0 Å². The number of hydrazine groups is 1. The van der Waals surface area contributed by atoms with E-state index in [9.17, 15) is 18.0 Å². The highest BCUT2D eigenvalue weighted by atomic mass is 19.4. The molecule has 24 heavy (non-hydrogen) atoms. The number of benzene rings is 1. The maximum atomic E-state index is 13.0. The van der Waals surface area contributed by atoms with Crippen LogP contribution in [0.25, 0.3) is 0 Å². The number of alkyl halides is 3. The molecule has 1 atom stereocenters. The van der Waals surface area contributed by atoms with Crippen LogP contribution in [0.15, 0.2) is 18.2 Å². The molecular weight excluding hydrogens is 321 g/mol. The number of nitrogens with two attached hydrogens (primary N) is 1. The third-order valence-corrected chi connectivity index (χ3v) is 3.90. The molecule has 3 N–H and O–H groups in total. The summed E-state index contributed by atoms with van der Waals surface area (Å²) in [5.74, 6) is 5.39. The first kappa shape index (κ1) is 19.9. The minimum atomic E-state index is -4.68. The molecule has 0 saturated carbocycles. The molecule has 0 spiro atoms. The topological polar surface area (TPSA) is 82.2 Å². The van der Waals surface area contributed by atoms with Crippen LogP contribution in [0.5, 0.6) is 0 Å². The Bertz CT molecular complexity index is 639. The quantitative estimate of drug-likeness (QED) is 0.614. The lowest BCUT2D eigenvalue weighted by Gasteiger charge is -2.36. The van der Waals surface area contributed by atoms with E-state index in [2.05, 4.69) is 5.32 Å². The minimum absolute atomic E-state index is 0.0295. The van der Waals surface area contributed by atoms with Crippen molar-refractivity contribution in [3.63, 3.8) is 0 Å². The van der Waals surface area contributed by atoms with Gasteiger partial charge in [-0.15, -0.1) is 0 Å². The van der Waals surface area contributed by atoms with Gasteiger partial charge < -0.3 is 5.32 Å². The van der Waals surface area contributed by atoms with E-state index in [1.165, 1.54) is 17.1 Å². The van der Waals surface area contributed by atoms with Crippen LogP contribution in [0.1, 0.15) is 44.7 Å². The molecule has 0 aliphatic carbocycles. The van der Waals surface area contributed by atoms with Crippen molar-refractivity contribution in [2.24, 2.45) is 5.84 Å². The predicted molar refractivity (Wildman–Crippen MR) is 84.7 cm³/mol. The van der Waals surface area contributed by atoms with Crippen LogP contribution in [0, 0.1) is 11.3 Å². The number of amides is 1. The Morgan fingerprint density at radius 3 is 2.46 bits per heavy atom. The number of hydrogen-bond acceptors (Lipinski definition) is 4. The van der Waals surface area contributed by atoms with E-state index in [4.69, 9.17) is 11.1 Å². The number of nitrogens with one attached hydrogen (secondary N) is 1. The van der Waals surface area contributed by atoms with Gasteiger partial charge in [-0.25, -0.2) is 5.01 Å². The zero-order valence-corrected chi connectivity index (χ0v) is 13.9. The number of anilines is 1. The number of nitriles is 1. The van der Waals surface area contributed by atoms with Gasteiger partial charge in [-0.1, -0.05) is 20.3 Å². The third kappa shape index (κ3) is 4.24. The molecule has 8 heteroatoms. The summed E-state index contributed by atoms with van der Waals surface area (Å²) >= 11 is 0. The number of carbonyl (C=O) groups is 1. The van der Waals surface area contributed by atoms with Gasteiger partial charge in [-0.05, 0) is 31.5 Å². The first-order chi connectivity index (χ1) is 11.1. The second kappa shape index (κ2) is 7.64. The summed E-state index contributed by atoms with van der Waals surface area (Å²) in [6, 6.07) is 4.57. The highest BCUT2D eigenvalue weighted by Gasteiger charge is 2.38. The normalized spacial score (nSPS) is 14.1. The fourth-order valence-electron chi connectivity index (χ4n) is 2.44. The molecule has 0 aromatic heterocycles. The lowest BCUT2D eigenvalue weighted by molar-refractivity contribution is -0.137. The second-order valence-electron chi connectivity index (χ2n) is 5.63. The van der Waals surface area contributed by atoms with Crippen LogP contribution in [-0.2, 0) is 11.0 Å². The lowest BCUT2D eigenvalue weighted by atomic mass is 9.93. The van der Waals surface area contributed by atoms with Crippen LogP contribution < -0.4 is 11.2 Å². The Labute approximate surface area is 139 Å². The van der Waals surface area contributed by atoms with Crippen molar-refractivity contribution in [1.29, 1.82) is 5.26 Å². The van der Waals surface area contributed by atoms with Gasteiger partial charge in [0.1, 0.15) is 5.54 Å². The SMILES string of the molecule is CCCC(C)(C(=O)Nc1ccc(C#N)c(C(F)(F)F)c1)N(N)CC. The van der Waals surface area contributed by atoms with Gasteiger partial charge in [-0.2, -0.15) is 18.4 Å². The fourth-order valence-corrected chi connectivity index (χ4v) is 2.44. The lowest BCUT2D eigenvalue weighted by Crippen LogP contribution is -2.58. The molecule has 1 aromatic carbocycles. The number of halogens is 3. The summed E-state index contributed by atoms with van der Waals surface area (Å²) in [4.78, 5) is 12.6. The zero-order valence-electron chi connectivity index (χ0n) is 13.9. The van der Waals surface area contributed by atoms with Crippen LogP contribution in [0.2, 0.25) is 0 Å². The van der Waals surface area contributed by atoms with Crippen LogP contribution in [0.3, 0.4) is 0 Å². The van der Waals surface area contributed by atoms with E-state index >= 15 is 0 Å². The molecule has 1 unspecified atom stereocenters. The van der Waals surface area contributed by atoms with Crippen LogP contribution >= 0.6 is 0 Å². The molecule has 1 rings (SSSR count). The van der Waals surface area contributed by atoms with E-state index in [1.807, 2.05) is 6.92 Å². The Morgan fingerprint density at radius 1 is 1.38 bits per heavy atom. The van der Waals surface area contributed by atoms with E-state index in [1.54, 1.807) is 13.8 Å². The van der Waals surface area contributed by atoms with Crippen molar-refractivity contribution in [2.45, 2.75) is 45.3 Å². The van der Waals surface area contributed by atoms with Crippen LogP contribution in [0.4, 0.5) is 18.9 Å². The molecule has 5 nitrogen and oxygen atoms in total. The first-order valence-corrected chi connectivity index (χ1v) is 7.55. The molecule has 0 aliphatic rings. The highest BCUT2D eigenvalue weighted by molar-refractivity contribution is 5.97. The predicted octanol–water partition coefficient (Wildman–Crippen LogP) is 3.27. The molecule has 0 saturated heterocycles. The monoisotopic (exact) mass is 342 g/mol. The van der Waals surface area contributed by atoms with Crippen molar-refractivity contribution < 1.29 is 18.0 Å². The Morgan fingerprint density at radius 2 is 2.00 bits per heavy atom. The number of carbonyl (C=O) groups excluding carboxylic acids is 1. The molecule has 0 heterocycles. The molecule has 0 bridgehead atoms. The average Bonchev–Trinajstić information content (AvgIpc) is 2.53. The van der Waals surface area contributed by atoms with Crippen molar-refractivity contribution in [3.8, 4) is 6.07 Å². The molecular formula is C16H21F3N4O. The zero-order chi connectivity index (χ0) is 18.5. The standard InChI is InChI=1S/C16H21F3N4O/c1-4-8-15(3,23(21)5-2)14(24)22-12-7-6-11(10-20)13(9-12)16(17,18)19/h6-7,9H,4-5,8,21H2,1-3H3,(H,22,24). The Balaban J connectivity index is 3.16. The van der Waals surface area contributed by atoms with E-state index < -0.39 is 28.7 Å². The summed E-state index contributed by atoms with van der Waals surface area (Å²) in [6.07, 6.45) is -3.55. The van der Waals surface area contributed by atoms with Crippen molar-refractivity contribution in [2.75, 3.05) is 11.9 Å². The third-order valence-electron chi connectivity index (χ3n) is 3.90. The Hall–Kier alpha value is -2.11. The summed E-state index contributed by atoms with van der Waals surface area (Å²) in [5.41, 5.74) is -2.65. The maximum Gasteiger partial charge on any atom is 0.417 e. The van der Waals surface area contributed by atoms with E-state index in [-0.39, 0.29) is 5.69 Å². The van der Waals surface area contributed by atoms with E-state index in [0.717, 1.165) is 12.1 Å². The number of rotatable bonds is 6. The average molecular weight is 342 g/mol. The minimum Gasteiger partial charge on any atom is -0.324 e. The maximum absolute atomic E-state index is 13.0. The van der Waals surface area contributed by atoms with Gasteiger partial charge in [0, 0.05) is 12.2 Å². The second-order valence-corrected chi connectivity index (χ2v) is 5.63. The van der Waals surface area contributed by atoms with Crippen molar-refractivity contribution >= 4 is 11.6 Å². The van der Waals surface area contributed by atoms with Gasteiger partial charge >= 0.3 is 6.18 Å².